The zero-order chi connectivity index (χ0) is 15.4. The van der Waals surface area contributed by atoms with Crippen molar-refractivity contribution in [1.29, 1.82) is 0 Å². The first-order valence-electron chi connectivity index (χ1n) is 5.29. The van der Waals surface area contributed by atoms with Crippen LogP contribution in [0.15, 0.2) is 0 Å². The van der Waals surface area contributed by atoms with Gasteiger partial charge in [-0.05, 0) is 0 Å². The fourth-order valence-electron chi connectivity index (χ4n) is 1.47. The molecule has 112 valence electrons. The molecule has 1 aromatic rings. The number of carbonyl (C=O) groups is 1. The maximum absolute atomic E-state index is 13.5. The van der Waals surface area contributed by atoms with Gasteiger partial charge in [-0.3, -0.25) is 4.79 Å². The molecule has 0 saturated carbocycles. The normalized spacial score (nSPS) is 10.8. The van der Waals surface area contributed by atoms with Crippen molar-refractivity contribution in [2.75, 3.05) is 24.8 Å². The number of hydrogen-bond donors (Lipinski definition) is 0. The number of halogens is 7. The first-order valence-corrected chi connectivity index (χ1v) is 6.36. The van der Waals surface area contributed by atoms with E-state index in [1.54, 1.807) is 0 Å². The van der Waals surface area contributed by atoms with Crippen molar-refractivity contribution in [1.82, 2.24) is 4.90 Å². The monoisotopic (exact) mass is 335 g/mol. The highest BCUT2D eigenvalue weighted by Crippen LogP contribution is 2.24. The number of benzene rings is 1. The minimum atomic E-state index is -2.32. The topological polar surface area (TPSA) is 20.3 Å². The molecule has 2 nitrogen and oxygen atoms in total. The minimum Gasteiger partial charge on any atom is -0.336 e. The third-order valence-electron chi connectivity index (χ3n) is 2.42. The van der Waals surface area contributed by atoms with Crippen molar-refractivity contribution in [2.45, 2.75) is 0 Å². The fourth-order valence-corrected chi connectivity index (χ4v) is 1.88. The highest BCUT2D eigenvalue weighted by atomic mass is 35.5. The predicted octanol–water partition coefficient (Wildman–Crippen LogP) is 3.30. The summed E-state index contributed by atoms with van der Waals surface area (Å²) in [5.74, 6) is -12.6. The van der Waals surface area contributed by atoms with Gasteiger partial charge in [-0.1, -0.05) is 0 Å². The second-order valence-corrected chi connectivity index (χ2v) is 4.37. The van der Waals surface area contributed by atoms with Crippen LogP contribution in [0.4, 0.5) is 22.0 Å². The van der Waals surface area contributed by atoms with Gasteiger partial charge in [-0.25, -0.2) is 22.0 Å². The average Bonchev–Trinajstić information content (AvgIpc) is 2.43. The molecule has 20 heavy (non-hydrogen) atoms. The zero-order valence-electron chi connectivity index (χ0n) is 9.83. The summed E-state index contributed by atoms with van der Waals surface area (Å²) in [6.07, 6.45) is 0. The highest BCUT2D eigenvalue weighted by molar-refractivity contribution is 6.18. The molecule has 0 aliphatic heterocycles. The smallest absolute Gasteiger partial charge is 0.260 e. The lowest BCUT2D eigenvalue weighted by molar-refractivity contribution is 0.0761. The van der Waals surface area contributed by atoms with Crippen LogP contribution in [0.3, 0.4) is 0 Å². The first-order chi connectivity index (χ1) is 9.36. The lowest BCUT2D eigenvalue weighted by Gasteiger charge is -2.21. The maximum Gasteiger partial charge on any atom is 0.260 e. The number of alkyl halides is 2. The summed E-state index contributed by atoms with van der Waals surface area (Å²) >= 11 is 10.8. The number of hydrogen-bond acceptors (Lipinski definition) is 1. The van der Waals surface area contributed by atoms with E-state index in [1.807, 2.05) is 0 Å². The van der Waals surface area contributed by atoms with Crippen LogP contribution >= 0.6 is 23.2 Å². The van der Waals surface area contributed by atoms with Crippen molar-refractivity contribution < 1.29 is 26.7 Å². The number of rotatable bonds is 5. The van der Waals surface area contributed by atoms with E-state index >= 15 is 0 Å². The summed E-state index contributed by atoms with van der Waals surface area (Å²) in [5.41, 5.74) is -1.52. The van der Waals surface area contributed by atoms with Crippen LogP contribution in [0.1, 0.15) is 10.4 Å². The molecule has 0 unspecified atom stereocenters. The molecule has 0 aliphatic carbocycles. The summed E-state index contributed by atoms with van der Waals surface area (Å²) in [6, 6.07) is 0. The molecular weight excluding hydrogens is 328 g/mol. The molecule has 9 heteroatoms. The van der Waals surface area contributed by atoms with Crippen LogP contribution in [0.25, 0.3) is 0 Å². The van der Waals surface area contributed by atoms with E-state index in [0.29, 0.717) is 0 Å². The van der Waals surface area contributed by atoms with Crippen molar-refractivity contribution in [3.05, 3.63) is 34.6 Å². The molecule has 0 aromatic heterocycles. The van der Waals surface area contributed by atoms with Crippen molar-refractivity contribution in [3.8, 4) is 0 Å². The number of amides is 1. The molecule has 1 rings (SSSR count). The average molecular weight is 336 g/mol. The second-order valence-electron chi connectivity index (χ2n) is 3.62. The summed E-state index contributed by atoms with van der Waals surface area (Å²) < 4.78 is 65.8. The van der Waals surface area contributed by atoms with Gasteiger partial charge in [0, 0.05) is 24.8 Å². The number of nitrogens with zero attached hydrogens (tertiary/aromatic N) is 1. The van der Waals surface area contributed by atoms with Crippen molar-refractivity contribution in [3.63, 3.8) is 0 Å². The van der Waals surface area contributed by atoms with E-state index in [1.165, 1.54) is 0 Å². The van der Waals surface area contributed by atoms with Crippen molar-refractivity contribution in [2.24, 2.45) is 0 Å². The Labute approximate surface area is 121 Å². The molecule has 0 saturated heterocycles. The Kier molecular flexibility index (Phi) is 6.01. The van der Waals surface area contributed by atoms with Gasteiger partial charge in [0.05, 0.1) is 0 Å². The molecule has 0 spiro atoms. The van der Waals surface area contributed by atoms with Gasteiger partial charge in [0.1, 0.15) is 5.56 Å². The third kappa shape index (κ3) is 3.15. The van der Waals surface area contributed by atoms with Gasteiger partial charge in [0.2, 0.25) is 5.82 Å². The number of carbonyl (C=O) groups excluding carboxylic acids is 1. The largest absolute Gasteiger partial charge is 0.336 e. The second kappa shape index (κ2) is 7.08. The van der Waals surface area contributed by atoms with Gasteiger partial charge in [-0.15, -0.1) is 23.2 Å². The summed E-state index contributed by atoms with van der Waals surface area (Å²) in [7, 11) is 0. The Morgan fingerprint density at radius 1 is 0.800 bits per heavy atom. The molecule has 0 aliphatic rings. The first kappa shape index (κ1) is 17.0. The molecule has 1 aromatic carbocycles. The maximum atomic E-state index is 13.5. The minimum absolute atomic E-state index is 0.0853. The van der Waals surface area contributed by atoms with Gasteiger partial charge in [0.25, 0.3) is 5.91 Å². The Balaban J connectivity index is 3.34. The fraction of sp³-hybridized carbons (Fsp3) is 0.364. The molecule has 1 amide bonds. The van der Waals surface area contributed by atoms with E-state index in [4.69, 9.17) is 23.2 Å². The molecule has 0 fully saturated rings. The lowest BCUT2D eigenvalue weighted by atomic mass is 10.1. The Hall–Kier alpha value is -1.08. The van der Waals surface area contributed by atoms with Crippen LogP contribution in [-0.4, -0.2) is 35.7 Å². The standard InChI is InChI=1S/C11H8Cl2F5NO/c12-1-3-19(4-2-13)11(20)5-6(14)8(16)10(18)9(17)7(5)15/h1-4H2. The van der Waals surface area contributed by atoms with Crippen LogP contribution in [0.2, 0.25) is 0 Å². The molecule has 0 N–H and O–H groups in total. The van der Waals surface area contributed by atoms with Gasteiger partial charge in [-0.2, -0.15) is 0 Å². The van der Waals surface area contributed by atoms with E-state index < -0.39 is 40.6 Å². The third-order valence-corrected chi connectivity index (χ3v) is 2.76. The summed E-state index contributed by atoms with van der Waals surface area (Å²) in [4.78, 5) is 12.7. The Bertz CT molecular complexity index is 491. The highest BCUT2D eigenvalue weighted by Gasteiger charge is 2.31. The molecule has 0 heterocycles. The van der Waals surface area contributed by atoms with E-state index in [9.17, 15) is 26.7 Å². The quantitative estimate of drug-likeness (QED) is 0.350. The summed E-state index contributed by atoms with van der Waals surface area (Å²) in [5, 5.41) is 0. The molecule has 0 atom stereocenters. The molecular formula is C11H8Cl2F5NO. The van der Waals surface area contributed by atoms with Crippen LogP contribution in [-0.2, 0) is 0 Å². The van der Waals surface area contributed by atoms with Crippen LogP contribution < -0.4 is 0 Å². The lowest BCUT2D eigenvalue weighted by Crippen LogP contribution is -2.36. The van der Waals surface area contributed by atoms with Gasteiger partial charge in [0.15, 0.2) is 23.3 Å². The summed E-state index contributed by atoms with van der Waals surface area (Å²) in [6.45, 7) is -0.292. The van der Waals surface area contributed by atoms with Crippen molar-refractivity contribution >= 4 is 29.1 Å². The molecule has 0 bridgehead atoms. The Morgan fingerprint density at radius 2 is 1.15 bits per heavy atom. The van der Waals surface area contributed by atoms with E-state index in [-0.39, 0.29) is 24.8 Å². The predicted molar refractivity (Wildman–Crippen MR) is 63.6 cm³/mol. The zero-order valence-corrected chi connectivity index (χ0v) is 11.3. The SMILES string of the molecule is O=C(c1c(F)c(F)c(F)c(F)c1F)N(CCCl)CCCl. The van der Waals surface area contributed by atoms with Crippen LogP contribution in [0.5, 0.6) is 0 Å². The molecule has 0 radical (unpaired) electrons. The van der Waals surface area contributed by atoms with Crippen LogP contribution in [0, 0.1) is 29.1 Å². The Morgan fingerprint density at radius 3 is 1.50 bits per heavy atom. The van der Waals surface area contributed by atoms with E-state index in [0.717, 1.165) is 4.90 Å². The van der Waals surface area contributed by atoms with Gasteiger partial charge < -0.3 is 4.90 Å². The van der Waals surface area contributed by atoms with E-state index in [2.05, 4.69) is 0 Å². The van der Waals surface area contributed by atoms with Gasteiger partial charge >= 0.3 is 0 Å².